The van der Waals surface area contributed by atoms with Gasteiger partial charge in [0.05, 0.1) is 6.04 Å². The molecular formula is C14H22N4OS. The number of rotatable bonds is 7. The lowest BCUT2D eigenvalue weighted by Crippen LogP contribution is -2.42. The monoisotopic (exact) mass is 294 g/mol. The number of hydrogen-bond acceptors (Lipinski definition) is 4. The van der Waals surface area contributed by atoms with Gasteiger partial charge in [0.1, 0.15) is 5.01 Å². The van der Waals surface area contributed by atoms with Crippen molar-refractivity contribution in [3.05, 3.63) is 16.6 Å². The Kier molecular flexibility index (Phi) is 4.21. The highest BCUT2D eigenvalue weighted by molar-refractivity contribution is 7.09. The molecule has 1 aromatic rings. The van der Waals surface area contributed by atoms with Crippen molar-refractivity contribution < 1.29 is 4.79 Å². The summed E-state index contributed by atoms with van der Waals surface area (Å²) in [5.41, 5.74) is 0. The zero-order valence-electron chi connectivity index (χ0n) is 11.8. The summed E-state index contributed by atoms with van der Waals surface area (Å²) in [7, 11) is 2.12. The maximum Gasteiger partial charge on any atom is 0.315 e. The highest BCUT2D eigenvalue weighted by atomic mass is 32.1. The molecule has 0 aromatic carbocycles. The number of nitrogens with zero attached hydrogens (tertiary/aromatic N) is 2. The van der Waals surface area contributed by atoms with Gasteiger partial charge in [-0.1, -0.05) is 0 Å². The lowest BCUT2D eigenvalue weighted by atomic mass is 10.2. The molecule has 2 aliphatic carbocycles. The van der Waals surface area contributed by atoms with Crippen molar-refractivity contribution in [1.29, 1.82) is 0 Å². The second-order valence-corrected chi connectivity index (χ2v) is 6.72. The van der Waals surface area contributed by atoms with Crippen molar-refractivity contribution in [3.63, 3.8) is 0 Å². The number of thiazole rings is 1. The van der Waals surface area contributed by atoms with Crippen LogP contribution in [0.25, 0.3) is 0 Å². The third-order valence-corrected chi connectivity index (χ3v) is 4.88. The van der Waals surface area contributed by atoms with Gasteiger partial charge in [0, 0.05) is 30.7 Å². The predicted molar refractivity (Wildman–Crippen MR) is 79.8 cm³/mol. The highest BCUT2D eigenvalue weighted by Gasteiger charge is 2.35. The smallest absolute Gasteiger partial charge is 0.315 e. The summed E-state index contributed by atoms with van der Waals surface area (Å²) in [4.78, 5) is 18.6. The van der Waals surface area contributed by atoms with Gasteiger partial charge in [-0.2, -0.15) is 0 Å². The summed E-state index contributed by atoms with van der Waals surface area (Å²) < 4.78 is 0. The first-order valence-electron chi connectivity index (χ1n) is 7.38. The predicted octanol–water partition coefficient (Wildman–Crippen LogP) is 1.99. The van der Waals surface area contributed by atoms with Crippen LogP contribution in [-0.2, 0) is 0 Å². The number of nitrogens with one attached hydrogen (secondary N) is 2. The van der Waals surface area contributed by atoms with E-state index >= 15 is 0 Å². The van der Waals surface area contributed by atoms with Crippen LogP contribution < -0.4 is 10.6 Å². The van der Waals surface area contributed by atoms with Gasteiger partial charge in [-0.3, -0.25) is 0 Å². The second kappa shape index (κ2) is 6.10. The average Bonchev–Trinajstić information content (AvgIpc) is 3.34. The highest BCUT2D eigenvalue weighted by Crippen LogP contribution is 2.41. The molecule has 1 heterocycles. The zero-order chi connectivity index (χ0) is 13.9. The van der Waals surface area contributed by atoms with E-state index in [9.17, 15) is 4.79 Å². The third-order valence-electron chi connectivity index (χ3n) is 4.02. The van der Waals surface area contributed by atoms with Crippen LogP contribution >= 0.6 is 11.3 Å². The van der Waals surface area contributed by atoms with Gasteiger partial charge < -0.3 is 15.5 Å². The Bertz CT molecular complexity index is 442. The molecule has 1 atom stereocenters. The van der Waals surface area contributed by atoms with E-state index < -0.39 is 0 Å². The Hall–Kier alpha value is -1.14. The molecule has 2 aliphatic rings. The van der Waals surface area contributed by atoms with E-state index in [2.05, 4.69) is 27.6 Å². The molecule has 0 saturated heterocycles. The lowest BCUT2D eigenvalue weighted by Gasteiger charge is -2.18. The van der Waals surface area contributed by atoms with Gasteiger partial charge in [-0.15, -0.1) is 11.3 Å². The fourth-order valence-corrected chi connectivity index (χ4v) is 3.22. The molecular weight excluding hydrogens is 272 g/mol. The Morgan fingerprint density at radius 1 is 1.50 bits per heavy atom. The molecule has 1 unspecified atom stereocenters. The third kappa shape index (κ3) is 3.70. The molecule has 2 saturated carbocycles. The van der Waals surface area contributed by atoms with Crippen LogP contribution in [0.5, 0.6) is 0 Å². The minimum absolute atomic E-state index is 0.0682. The topological polar surface area (TPSA) is 57.3 Å². The van der Waals surface area contributed by atoms with Gasteiger partial charge in [0.25, 0.3) is 0 Å². The van der Waals surface area contributed by atoms with Crippen LogP contribution in [0.2, 0.25) is 0 Å². The first-order valence-corrected chi connectivity index (χ1v) is 8.26. The number of carbonyl (C=O) groups excluding carboxylic acids is 1. The van der Waals surface area contributed by atoms with E-state index in [1.807, 2.05) is 5.38 Å². The van der Waals surface area contributed by atoms with Crippen molar-refractivity contribution >= 4 is 17.4 Å². The van der Waals surface area contributed by atoms with E-state index in [-0.39, 0.29) is 12.1 Å². The lowest BCUT2D eigenvalue weighted by molar-refractivity contribution is 0.232. The maximum atomic E-state index is 12.0. The summed E-state index contributed by atoms with van der Waals surface area (Å²) in [6.45, 7) is 1.62. The van der Waals surface area contributed by atoms with Gasteiger partial charge >= 0.3 is 6.03 Å². The molecule has 1 aromatic heterocycles. The van der Waals surface area contributed by atoms with Gasteiger partial charge in [0.15, 0.2) is 0 Å². The van der Waals surface area contributed by atoms with Crippen LogP contribution in [0, 0.1) is 5.92 Å². The van der Waals surface area contributed by atoms with Crippen molar-refractivity contribution in [2.45, 2.75) is 37.8 Å². The van der Waals surface area contributed by atoms with E-state index in [0.29, 0.717) is 12.5 Å². The first kappa shape index (κ1) is 13.8. The molecule has 0 spiro atoms. The quantitative estimate of drug-likeness (QED) is 0.808. The van der Waals surface area contributed by atoms with Gasteiger partial charge in [0.2, 0.25) is 0 Å². The largest absolute Gasteiger partial charge is 0.337 e. The molecule has 2 amide bonds. The molecule has 20 heavy (non-hydrogen) atoms. The van der Waals surface area contributed by atoms with Crippen molar-refractivity contribution in [2.75, 3.05) is 20.1 Å². The maximum absolute atomic E-state index is 12.0. The number of likely N-dealkylation sites (N-methyl/N-ethyl adjacent to an activating group) is 1. The zero-order valence-corrected chi connectivity index (χ0v) is 12.7. The van der Waals surface area contributed by atoms with Crippen molar-refractivity contribution in [1.82, 2.24) is 20.5 Å². The molecule has 2 N–H and O–H groups in total. The Balaban J connectivity index is 1.42. The van der Waals surface area contributed by atoms with Gasteiger partial charge in [-0.05, 0) is 38.6 Å². The molecule has 6 heteroatoms. The number of urea groups is 1. The molecule has 3 rings (SSSR count). The van der Waals surface area contributed by atoms with Crippen LogP contribution in [-0.4, -0.2) is 42.1 Å². The minimum atomic E-state index is -0.0682. The minimum Gasteiger partial charge on any atom is -0.337 e. The Morgan fingerprint density at radius 3 is 2.90 bits per heavy atom. The van der Waals surface area contributed by atoms with Gasteiger partial charge in [-0.25, -0.2) is 9.78 Å². The summed E-state index contributed by atoms with van der Waals surface area (Å²) in [5.74, 6) is 0.570. The summed E-state index contributed by atoms with van der Waals surface area (Å²) >= 11 is 1.62. The number of amides is 2. The van der Waals surface area contributed by atoms with E-state index in [1.54, 1.807) is 17.5 Å². The fraction of sp³-hybridized carbons (Fsp3) is 0.714. The van der Waals surface area contributed by atoms with E-state index in [0.717, 1.165) is 17.6 Å². The molecule has 2 fully saturated rings. The average molecular weight is 294 g/mol. The number of carbonyl (C=O) groups is 1. The van der Waals surface area contributed by atoms with E-state index in [4.69, 9.17) is 0 Å². The molecule has 0 radical (unpaired) electrons. The van der Waals surface area contributed by atoms with Crippen LogP contribution in [0.3, 0.4) is 0 Å². The fourth-order valence-electron chi connectivity index (χ4n) is 2.43. The normalized spacial score (nSPS) is 19.9. The molecule has 5 nitrogen and oxygen atoms in total. The number of hydrogen-bond donors (Lipinski definition) is 2. The molecule has 110 valence electrons. The number of aromatic nitrogens is 1. The van der Waals surface area contributed by atoms with Crippen LogP contribution in [0.4, 0.5) is 4.79 Å². The molecule has 0 aliphatic heterocycles. The SMILES string of the molecule is CN(CCNC(=O)NC(c1nccs1)C1CC1)C1CC1. The Labute approximate surface area is 123 Å². The van der Waals surface area contributed by atoms with Crippen LogP contribution in [0.1, 0.15) is 36.7 Å². The second-order valence-electron chi connectivity index (χ2n) is 5.80. The summed E-state index contributed by atoms with van der Waals surface area (Å²) in [6.07, 6.45) is 6.79. The summed E-state index contributed by atoms with van der Waals surface area (Å²) in [6, 6.07) is 0.770. The summed E-state index contributed by atoms with van der Waals surface area (Å²) in [5, 5.41) is 9.03. The molecule has 0 bridgehead atoms. The standard InChI is InChI=1S/C14H22N4OS/c1-18(11-4-5-11)8-6-16-14(19)17-12(10-2-3-10)13-15-7-9-20-13/h7,9-12H,2-6,8H2,1H3,(H2,16,17,19). The van der Waals surface area contributed by atoms with Crippen molar-refractivity contribution in [3.8, 4) is 0 Å². The first-order chi connectivity index (χ1) is 9.74. The van der Waals surface area contributed by atoms with Crippen LogP contribution in [0.15, 0.2) is 11.6 Å². The van der Waals surface area contributed by atoms with Crippen molar-refractivity contribution in [2.24, 2.45) is 5.92 Å². The Morgan fingerprint density at radius 2 is 2.30 bits per heavy atom. The van der Waals surface area contributed by atoms with E-state index in [1.165, 1.54) is 25.7 Å².